The van der Waals surface area contributed by atoms with Crippen molar-refractivity contribution in [3.05, 3.63) is 72.1 Å². The second-order valence-corrected chi connectivity index (χ2v) is 4.71. The molecule has 1 unspecified atom stereocenters. The maximum absolute atomic E-state index is 5.85. The molecule has 0 radical (unpaired) electrons. The van der Waals surface area contributed by atoms with Crippen LogP contribution < -0.4 is 5.32 Å². The number of nitrogens with one attached hydrogen (secondary N) is 1. The fraction of sp³-hybridized carbons (Fsp3) is 0.176. The molecule has 0 saturated heterocycles. The van der Waals surface area contributed by atoms with E-state index in [-0.39, 0.29) is 6.04 Å². The Hall–Kier alpha value is -2.46. The Labute approximate surface area is 123 Å². The lowest BCUT2D eigenvalue weighted by Crippen LogP contribution is -2.22. The van der Waals surface area contributed by atoms with Crippen molar-refractivity contribution in [2.45, 2.75) is 13.0 Å². The van der Waals surface area contributed by atoms with E-state index in [2.05, 4.69) is 34.6 Å². The van der Waals surface area contributed by atoms with Gasteiger partial charge in [0.1, 0.15) is 6.04 Å². The van der Waals surface area contributed by atoms with Gasteiger partial charge in [-0.15, -0.1) is 10.2 Å². The molecular weight excluding hydrogens is 262 g/mol. The molecule has 1 aromatic heterocycles. The highest BCUT2D eigenvalue weighted by Gasteiger charge is 2.20. The minimum Gasteiger partial charge on any atom is -0.419 e. The van der Waals surface area contributed by atoms with E-state index in [9.17, 15) is 0 Å². The zero-order valence-corrected chi connectivity index (χ0v) is 11.9. The van der Waals surface area contributed by atoms with Gasteiger partial charge in [-0.05, 0) is 24.2 Å². The Bertz CT molecular complexity index is 680. The van der Waals surface area contributed by atoms with Crippen molar-refractivity contribution in [3.8, 4) is 11.5 Å². The van der Waals surface area contributed by atoms with Crippen LogP contribution in [-0.2, 0) is 0 Å². The van der Waals surface area contributed by atoms with Crippen LogP contribution in [0.3, 0.4) is 0 Å². The van der Waals surface area contributed by atoms with Gasteiger partial charge in [-0.25, -0.2) is 0 Å². The molecule has 21 heavy (non-hydrogen) atoms. The van der Waals surface area contributed by atoms with E-state index in [0.717, 1.165) is 17.7 Å². The standard InChI is InChI=1S/C17H17N3O/c1-2-18-15(13-9-5-3-6-10-13)17-20-19-16(21-17)14-11-7-4-8-12-14/h3-12,15,18H,2H2,1H3. The number of hydrogen-bond acceptors (Lipinski definition) is 4. The van der Waals surface area contributed by atoms with Gasteiger partial charge in [-0.1, -0.05) is 55.5 Å². The van der Waals surface area contributed by atoms with Crippen LogP contribution in [-0.4, -0.2) is 16.7 Å². The number of benzene rings is 2. The van der Waals surface area contributed by atoms with E-state index in [1.807, 2.05) is 48.5 Å². The third-order valence-electron chi connectivity index (χ3n) is 3.25. The van der Waals surface area contributed by atoms with Crippen LogP contribution in [0.4, 0.5) is 0 Å². The molecule has 0 aliphatic rings. The van der Waals surface area contributed by atoms with Crippen molar-refractivity contribution in [2.24, 2.45) is 0 Å². The lowest BCUT2D eigenvalue weighted by molar-refractivity contribution is 0.444. The molecule has 0 aliphatic carbocycles. The van der Waals surface area contributed by atoms with Crippen molar-refractivity contribution < 1.29 is 4.42 Å². The Kier molecular flexibility index (Phi) is 4.07. The average molecular weight is 279 g/mol. The zero-order chi connectivity index (χ0) is 14.5. The van der Waals surface area contributed by atoms with E-state index >= 15 is 0 Å². The highest BCUT2D eigenvalue weighted by molar-refractivity contribution is 5.51. The fourth-order valence-corrected chi connectivity index (χ4v) is 2.25. The predicted octanol–water partition coefficient (Wildman–Crippen LogP) is 3.44. The maximum atomic E-state index is 5.85. The summed E-state index contributed by atoms with van der Waals surface area (Å²) in [6, 6.07) is 19.8. The summed E-state index contributed by atoms with van der Waals surface area (Å²) in [7, 11) is 0. The van der Waals surface area contributed by atoms with E-state index in [4.69, 9.17) is 4.42 Å². The van der Waals surface area contributed by atoms with Crippen molar-refractivity contribution in [2.75, 3.05) is 6.54 Å². The molecule has 106 valence electrons. The van der Waals surface area contributed by atoms with Gasteiger partial charge in [0.15, 0.2) is 0 Å². The van der Waals surface area contributed by atoms with Crippen LogP contribution >= 0.6 is 0 Å². The summed E-state index contributed by atoms with van der Waals surface area (Å²) in [4.78, 5) is 0. The largest absolute Gasteiger partial charge is 0.419 e. The van der Waals surface area contributed by atoms with Crippen molar-refractivity contribution in [1.29, 1.82) is 0 Å². The Morgan fingerprint density at radius 3 is 2.29 bits per heavy atom. The summed E-state index contributed by atoms with van der Waals surface area (Å²) in [5, 5.41) is 11.8. The summed E-state index contributed by atoms with van der Waals surface area (Å²) in [5.41, 5.74) is 2.04. The number of hydrogen-bond donors (Lipinski definition) is 1. The topological polar surface area (TPSA) is 51.0 Å². The molecular formula is C17H17N3O. The van der Waals surface area contributed by atoms with Gasteiger partial charge in [0.2, 0.25) is 11.8 Å². The van der Waals surface area contributed by atoms with Crippen LogP contribution in [0, 0.1) is 0 Å². The molecule has 0 fully saturated rings. The molecule has 1 heterocycles. The molecule has 4 heteroatoms. The number of nitrogens with zero attached hydrogens (tertiary/aromatic N) is 2. The van der Waals surface area contributed by atoms with E-state index < -0.39 is 0 Å². The monoisotopic (exact) mass is 279 g/mol. The lowest BCUT2D eigenvalue weighted by Gasteiger charge is -2.13. The summed E-state index contributed by atoms with van der Waals surface area (Å²) in [6.45, 7) is 2.88. The van der Waals surface area contributed by atoms with Crippen molar-refractivity contribution in [1.82, 2.24) is 15.5 Å². The summed E-state index contributed by atoms with van der Waals surface area (Å²) < 4.78 is 5.85. The van der Waals surface area contributed by atoms with Crippen LogP contribution in [0.5, 0.6) is 0 Å². The van der Waals surface area contributed by atoms with Crippen molar-refractivity contribution >= 4 is 0 Å². The third kappa shape index (κ3) is 3.01. The predicted molar refractivity (Wildman–Crippen MR) is 81.7 cm³/mol. The summed E-state index contributed by atoms with van der Waals surface area (Å²) in [6.07, 6.45) is 0. The Morgan fingerprint density at radius 1 is 0.952 bits per heavy atom. The number of aromatic nitrogens is 2. The molecule has 0 spiro atoms. The summed E-state index contributed by atoms with van der Waals surface area (Å²) >= 11 is 0. The van der Waals surface area contributed by atoms with Gasteiger partial charge in [0.25, 0.3) is 0 Å². The van der Waals surface area contributed by atoms with Crippen LogP contribution in [0.1, 0.15) is 24.4 Å². The van der Waals surface area contributed by atoms with Crippen molar-refractivity contribution in [3.63, 3.8) is 0 Å². The molecule has 1 N–H and O–H groups in total. The molecule has 1 atom stereocenters. The molecule has 2 aromatic carbocycles. The van der Waals surface area contributed by atoms with Crippen LogP contribution in [0.2, 0.25) is 0 Å². The second kappa shape index (κ2) is 6.33. The summed E-state index contributed by atoms with van der Waals surface area (Å²) in [5.74, 6) is 1.13. The molecule has 4 nitrogen and oxygen atoms in total. The van der Waals surface area contributed by atoms with Gasteiger partial charge in [-0.3, -0.25) is 0 Å². The fourth-order valence-electron chi connectivity index (χ4n) is 2.25. The maximum Gasteiger partial charge on any atom is 0.247 e. The first-order chi connectivity index (χ1) is 10.4. The van der Waals surface area contributed by atoms with Gasteiger partial charge < -0.3 is 9.73 Å². The lowest BCUT2D eigenvalue weighted by atomic mass is 10.1. The van der Waals surface area contributed by atoms with Gasteiger partial charge in [0.05, 0.1) is 0 Å². The number of rotatable bonds is 5. The minimum absolute atomic E-state index is 0.0823. The smallest absolute Gasteiger partial charge is 0.247 e. The van der Waals surface area contributed by atoms with Crippen LogP contribution in [0.15, 0.2) is 65.1 Å². The van der Waals surface area contributed by atoms with Gasteiger partial charge in [0, 0.05) is 5.56 Å². The highest BCUT2D eigenvalue weighted by atomic mass is 16.4. The molecule has 3 rings (SSSR count). The second-order valence-electron chi connectivity index (χ2n) is 4.71. The first-order valence-electron chi connectivity index (χ1n) is 7.05. The van der Waals surface area contributed by atoms with E-state index in [1.54, 1.807) is 0 Å². The first-order valence-corrected chi connectivity index (χ1v) is 7.05. The molecule has 0 amide bonds. The molecule has 3 aromatic rings. The third-order valence-corrected chi connectivity index (χ3v) is 3.25. The van der Waals surface area contributed by atoms with Gasteiger partial charge >= 0.3 is 0 Å². The average Bonchev–Trinajstić information content (AvgIpc) is 3.04. The quantitative estimate of drug-likeness (QED) is 0.777. The van der Waals surface area contributed by atoms with Gasteiger partial charge in [-0.2, -0.15) is 0 Å². The molecule has 0 aliphatic heterocycles. The first kappa shape index (κ1) is 13.5. The minimum atomic E-state index is -0.0823. The SMILES string of the molecule is CCNC(c1ccccc1)c1nnc(-c2ccccc2)o1. The normalized spacial score (nSPS) is 12.2. The zero-order valence-electron chi connectivity index (χ0n) is 11.9. The molecule has 0 bridgehead atoms. The van der Waals surface area contributed by atoms with E-state index in [0.29, 0.717) is 11.8 Å². The Morgan fingerprint density at radius 2 is 1.62 bits per heavy atom. The van der Waals surface area contributed by atoms with E-state index in [1.165, 1.54) is 0 Å². The highest BCUT2D eigenvalue weighted by Crippen LogP contribution is 2.24. The molecule has 0 saturated carbocycles. The van der Waals surface area contributed by atoms with Crippen LogP contribution in [0.25, 0.3) is 11.5 Å². The Balaban J connectivity index is 1.93.